The van der Waals surface area contributed by atoms with E-state index in [1.807, 2.05) is 32.9 Å². The summed E-state index contributed by atoms with van der Waals surface area (Å²) < 4.78 is 5.55. The zero-order chi connectivity index (χ0) is 21.4. The largest absolute Gasteiger partial charge is 0.484 e. The minimum Gasteiger partial charge on any atom is -0.484 e. The molecule has 0 unspecified atom stereocenters. The maximum Gasteiger partial charge on any atom is 0.335 e. The lowest BCUT2D eigenvalue weighted by Crippen LogP contribution is -2.34. The van der Waals surface area contributed by atoms with Crippen molar-refractivity contribution in [2.75, 3.05) is 25.1 Å². The summed E-state index contributed by atoms with van der Waals surface area (Å²) in [4.78, 5) is 24.8. The van der Waals surface area contributed by atoms with Crippen molar-refractivity contribution in [3.8, 4) is 5.75 Å². The zero-order valence-electron chi connectivity index (χ0n) is 16.6. The molecule has 154 valence electrons. The van der Waals surface area contributed by atoms with E-state index in [1.165, 1.54) is 18.2 Å². The number of carbonyl (C=O) groups is 2. The van der Waals surface area contributed by atoms with E-state index in [0.717, 1.165) is 5.56 Å². The number of halogens is 1. The van der Waals surface area contributed by atoms with Crippen molar-refractivity contribution in [1.29, 1.82) is 0 Å². The van der Waals surface area contributed by atoms with Crippen LogP contribution in [0.15, 0.2) is 47.6 Å². The molecule has 0 atom stereocenters. The normalized spacial score (nSPS) is 11.1. The van der Waals surface area contributed by atoms with Crippen LogP contribution < -0.4 is 10.2 Å². The summed E-state index contributed by atoms with van der Waals surface area (Å²) in [5, 5.41) is 13.7. The number of nitrogens with one attached hydrogen (secondary N) is 1. The third-order valence-electron chi connectivity index (χ3n) is 4.31. The third-order valence-corrected chi connectivity index (χ3v) is 4.64. The maximum atomic E-state index is 12.0. The molecule has 0 radical (unpaired) electrons. The van der Waals surface area contributed by atoms with Gasteiger partial charge in [-0.2, -0.15) is 5.10 Å². The Morgan fingerprint density at radius 1 is 1.10 bits per heavy atom. The number of nitrogens with zero attached hydrogens (tertiary/aromatic N) is 2. The number of aromatic carboxylic acids is 1. The molecule has 2 N–H and O–H groups in total. The highest BCUT2D eigenvalue weighted by molar-refractivity contribution is 6.33. The van der Waals surface area contributed by atoms with Gasteiger partial charge in [-0.1, -0.05) is 11.6 Å². The molecule has 1 amide bonds. The second-order valence-corrected chi connectivity index (χ2v) is 6.60. The third kappa shape index (κ3) is 6.22. The smallest absolute Gasteiger partial charge is 0.335 e. The summed E-state index contributed by atoms with van der Waals surface area (Å²) in [5.41, 5.74) is 4.83. The molecule has 7 nitrogen and oxygen atoms in total. The second kappa shape index (κ2) is 10.5. The molecular weight excluding hydrogens is 394 g/mol. The summed E-state index contributed by atoms with van der Waals surface area (Å²) in [6.07, 6.45) is 0. The van der Waals surface area contributed by atoms with Crippen molar-refractivity contribution in [1.82, 2.24) is 4.90 Å². The van der Waals surface area contributed by atoms with Crippen molar-refractivity contribution >= 4 is 34.9 Å². The summed E-state index contributed by atoms with van der Waals surface area (Å²) in [6.45, 7) is 6.96. The molecule has 0 fully saturated rings. The van der Waals surface area contributed by atoms with Crippen LogP contribution in [-0.2, 0) is 4.79 Å². The van der Waals surface area contributed by atoms with Crippen LogP contribution in [0.5, 0.6) is 5.75 Å². The second-order valence-electron chi connectivity index (χ2n) is 6.19. The molecule has 0 aliphatic heterocycles. The number of likely N-dealkylation sites (N-methyl/N-ethyl adjacent to an activating group) is 1. The quantitative estimate of drug-likeness (QED) is 0.473. The Kier molecular flexibility index (Phi) is 8.03. The summed E-state index contributed by atoms with van der Waals surface area (Å²) >= 11 is 6.08. The van der Waals surface area contributed by atoms with Gasteiger partial charge in [0.15, 0.2) is 6.61 Å². The summed E-state index contributed by atoms with van der Waals surface area (Å²) in [7, 11) is 0. The molecule has 0 aromatic heterocycles. The highest BCUT2D eigenvalue weighted by Crippen LogP contribution is 2.23. The van der Waals surface area contributed by atoms with Gasteiger partial charge in [-0.3, -0.25) is 10.2 Å². The number of carboxylic acid groups (broad SMARTS) is 1. The van der Waals surface area contributed by atoms with Crippen LogP contribution in [-0.4, -0.2) is 47.3 Å². The highest BCUT2D eigenvalue weighted by Gasteiger charge is 2.10. The number of carboxylic acids is 1. The number of anilines is 1. The molecule has 8 heteroatoms. The first kappa shape index (κ1) is 22.2. The Bertz CT molecular complexity index is 893. The molecule has 0 heterocycles. The van der Waals surface area contributed by atoms with E-state index in [4.69, 9.17) is 21.4 Å². The van der Waals surface area contributed by atoms with Gasteiger partial charge in [0.2, 0.25) is 0 Å². The van der Waals surface area contributed by atoms with Crippen LogP contribution in [0, 0.1) is 0 Å². The predicted molar refractivity (Wildman–Crippen MR) is 114 cm³/mol. The van der Waals surface area contributed by atoms with E-state index in [9.17, 15) is 9.59 Å². The highest BCUT2D eigenvalue weighted by atomic mass is 35.5. The molecule has 2 aromatic carbocycles. The van der Waals surface area contributed by atoms with Gasteiger partial charge < -0.3 is 14.7 Å². The van der Waals surface area contributed by atoms with Crippen LogP contribution in [0.2, 0.25) is 5.02 Å². The monoisotopic (exact) mass is 417 g/mol. The number of amides is 1. The minimum atomic E-state index is -1.04. The van der Waals surface area contributed by atoms with E-state index in [0.29, 0.717) is 35.3 Å². The Balaban J connectivity index is 2.01. The van der Waals surface area contributed by atoms with E-state index in [1.54, 1.807) is 17.0 Å². The first-order valence-electron chi connectivity index (χ1n) is 9.19. The fourth-order valence-electron chi connectivity index (χ4n) is 2.56. The van der Waals surface area contributed by atoms with E-state index >= 15 is 0 Å². The Labute approximate surface area is 174 Å². The van der Waals surface area contributed by atoms with Gasteiger partial charge in [-0.25, -0.2) is 4.79 Å². The van der Waals surface area contributed by atoms with Gasteiger partial charge in [0.25, 0.3) is 5.91 Å². The van der Waals surface area contributed by atoms with Crippen molar-refractivity contribution in [3.05, 3.63) is 58.6 Å². The van der Waals surface area contributed by atoms with Gasteiger partial charge in [-0.05, 0) is 68.8 Å². The first-order valence-corrected chi connectivity index (χ1v) is 9.57. The lowest BCUT2D eigenvalue weighted by Gasteiger charge is -2.18. The standard InChI is InChI=1S/C21H24ClN3O4/c1-4-25(5-2)20(26)13-29-17-9-6-15(7-10-17)14(3)23-24-19-12-16(21(27)28)8-11-18(19)22/h6-12,24H,4-5,13H2,1-3H3,(H,27,28)/b23-14-. The number of ether oxygens (including phenoxy) is 1. The average Bonchev–Trinajstić information content (AvgIpc) is 2.72. The fraction of sp³-hybridized carbons (Fsp3) is 0.286. The van der Waals surface area contributed by atoms with Crippen LogP contribution >= 0.6 is 11.6 Å². The van der Waals surface area contributed by atoms with E-state index in [-0.39, 0.29) is 18.1 Å². The number of carbonyl (C=O) groups excluding carboxylic acids is 1. The van der Waals surface area contributed by atoms with Crippen LogP contribution in [0.1, 0.15) is 36.7 Å². The number of hydrogen-bond donors (Lipinski definition) is 2. The summed E-state index contributed by atoms with van der Waals surface area (Å²) in [6, 6.07) is 11.5. The number of benzene rings is 2. The van der Waals surface area contributed by atoms with Gasteiger partial charge in [-0.15, -0.1) is 0 Å². The minimum absolute atomic E-state index is 0.00588. The van der Waals surface area contributed by atoms with E-state index in [2.05, 4.69) is 10.5 Å². The fourth-order valence-corrected chi connectivity index (χ4v) is 2.72. The van der Waals surface area contributed by atoms with Crippen LogP contribution in [0.3, 0.4) is 0 Å². The molecule has 0 aliphatic rings. The molecule has 0 saturated heterocycles. The average molecular weight is 418 g/mol. The summed E-state index contributed by atoms with van der Waals surface area (Å²) in [5.74, 6) is -0.505. The molecule has 0 saturated carbocycles. The van der Waals surface area contributed by atoms with Gasteiger partial charge >= 0.3 is 5.97 Å². The molecule has 0 spiro atoms. The molecule has 2 rings (SSSR count). The van der Waals surface area contributed by atoms with E-state index < -0.39 is 5.97 Å². The van der Waals surface area contributed by atoms with Crippen molar-refractivity contribution < 1.29 is 19.4 Å². The predicted octanol–water partition coefficient (Wildman–Crippen LogP) is 4.12. The van der Waals surface area contributed by atoms with Gasteiger partial charge in [0, 0.05) is 13.1 Å². The molecule has 2 aromatic rings. The number of rotatable bonds is 9. The number of hydrogen-bond acceptors (Lipinski definition) is 5. The van der Waals surface area contributed by atoms with Crippen molar-refractivity contribution in [3.63, 3.8) is 0 Å². The Morgan fingerprint density at radius 3 is 2.31 bits per heavy atom. The molecule has 29 heavy (non-hydrogen) atoms. The van der Waals surface area contributed by atoms with Gasteiger partial charge in [0.05, 0.1) is 22.0 Å². The van der Waals surface area contributed by atoms with Crippen LogP contribution in [0.4, 0.5) is 5.69 Å². The Morgan fingerprint density at radius 2 is 1.72 bits per heavy atom. The zero-order valence-corrected chi connectivity index (χ0v) is 17.4. The van der Waals surface area contributed by atoms with Crippen molar-refractivity contribution in [2.45, 2.75) is 20.8 Å². The van der Waals surface area contributed by atoms with Crippen molar-refractivity contribution in [2.24, 2.45) is 5.10 Å². The topological polar surface area (TPSA) is 91.2 Å². The lowest BCUT2D eigenvalue weighted by atomic mass is 10.1. The lowest BCUT2D eigenvalue weighted by molar-refractivity contribution is -0.132. The maximum absolute atomic E-state index is 12.0. The Hall–Kier alpha value is -3.06. The molecule has 0 bridgehead atoms. The van der Waals surface area contributed by atoms with Crippen LogP contribution in [0.25, 0.3) is 0 Å². The molecule has 0 aliphatic carbocycles. The first-order chi connectivity index (χ1) is 13.8. The molecular formula is C21H24ClN3O4. The number of hydrazone groups is 1. The van der Waals surface area contributed by atoms with Gasteiger partial charge in [0.1, 0.15) is 5.75 Å². The SMILES string of the molecule is CCN(CC)C(=O)COc1ccc(/C(C)=N\Nc2cc(C(=O)O)ccc2Cl)cc1.